The molecule has 3 aromatic rings. The van der Waals surface area contributed by atoms with Gasteiger partial charge in [0, 0.05) is 13.1 Å². The average molecular weight is 519 g/mol. The lowest BCUT2D eigenvalue weighted by molar-refractivity contribution is -0.121. The Kier molecular flexibility index (Phi) is 6.74. The molecule has 0 aliphatic carbocycles. The summed E-state index contributed by atoms with van der Waals surface area (Å²) in [5, 5.41) is 9.58. The molecule has 0 unspecified atom stereocenters. The van der Waals surface area contributed by atoms with Gasteiger partial charge < -0.3 is 24.1 Å². The van der Waals surface area contributed by atoms with Gasteiger partial charge in [-0.3, -0.25) is 9.69 Å². The third-order valence-electron chi connectivity index (χ3n) is 5.67. The first-order valence-electron chi connectivity index (χ1n) is 11.2. The first-order chi connectivity index (χ1) is 17.9. The molecule has 1 saturated heterocycles. The summed E-state index contributed by atoms with van der Waals surface area (Å²) in [6, 6.07) is 17.2. The van der Waals surface area contributed by atoms with Crippen molar-refractivity contribution in [1.29, 1.82) is 0 Å². The number of carbonyl (C=O) groups is 2. The second-order valence-corrected chi connectivity index (χ2v) is 9.12. The van der Waals surface area contributed by atoms with E-state index >= 15 is 0 Å². The van der Waals surface area contributed by atoms with Crippen LogP contribution in [0.25, 0.3) is 6.08 Å². The van der Waals surface area contributed by atoms with E-state index in [1.54, 1.807) is 56.6 Å². The van der Waals surface area contributed by atoms with Crippen LogP contribution in [-0.4, -0.2) is 48.0 Å². The van der Waals surface area contributed by atoms with Crippen LogP contribution in [0, 0.1) is 0 Å². The molecule has 2 heterocycles. The van der Waals surface area contributed by atoms with Crippen molar-refractivity contribution in [3.05, 3.63) is 82.3 Å². The molecule has 1 amide bonds. The van der Waals surface area contributed by atoms with E-state index in [1.165, 1.54) is 28.8 Å². The van der Waals surface area contributed by atoms with Gasteiger partial charge in [-0.25, -0.2) is 9.79 Å². The molecule has 9 nitrogen and oxygen atoms in total. The maximum atomic E-state index is 12.9. The molecule has 188 valence electrons. The van der Waals surface area contributed by atoms with Gasteiger partial charge in [0.25, 0.3) is 5.91 Å². The van der Waals surface area contributed by atoms with Crippen LogP contribution in [0.5, 0.6) is 23.0 Å². The number of carbonyl (C=O) groups excluding carboxylic acids is 1. The highest BCUT2D eigenvalue weighted by molar-refractivity contribution is 8.18. The van der Waals surface area contributed by atoms with E-state index in [2.05, 4.69) is 4.99 Å². The minimum Gasteiger partial charge on any atom is -0.493 e. The van der Waals surface area contributed by atoms with Crippen LogP contribution >= 0.6 is 11.8 Å². The van der Waals surface area contributed by atoms with E-state index in [0.717, 1.165) is 11.1 Å². The number of benzene rings is 3. The van der Waals surface area contributed by atoms with Crippen LogP contribution in [0.3, 0.4) is 0 Å². The summed E-state index contributed by atoms with van der Waals surface area (Å²) >= 11 is 1.28. The molecule has 2 aliphatic rings. The van der Waals surface area contributed by atoms with Gasteiger partial charge in [0.2, 0.25) is 6.79 Å². The molecule has 37 heavy (non-hydrogen) atoms. The number of likely N-dealkylation sites (N-methyl/N-ethyl adjacent to an activating group) is 1. The zero-order valence-corrected chi connectivity index (χ0v) is 20.8. The summed E-state index contributed by atoms with van der Waals surface area (Å²) in [5.41, 5.74) is 2.47. The quantitative estimate of drug-likeness (QED) is 0.439. The summed E-state index contributed by atoms with van der Waals surface area (Å²) in [6.07, 6.45) is 1.78. The molecule has 3 aromatic carbocycles. The predicted molar refractivity (Wildman–Crippen MR) is 139 cm³/mol. The van der Waals surface area contributed by atoms with E-state index in [9.17, 15) is 9.59 Å². The van der Waals surface area contributed by atoms with Gasteiger partial charge in [-0.1, -0.05) is 18.2 Å². The molecule has 0 atom stereocenters. The zero-order valence-electron chi connectivity index (χ0n) is 20.0. The van der Waals surface area contributed by atoms with Gasteiger partial charge in [0.15, 0.2) is 28.2 Å². The van der Waals surface area contributed by atoms with Crippen molar-refractivity contribution < 1.29 is 33.6 Å². The van der Waals surface area contributed by atoms with Crippen LogP contribution in [0.1, 0.15) is 21.5 Å². The standard InChI is InChI=1S/C27H22N2O7S/c1-29-25(30)24(37-27(29)28-19-8-10-21-23(13-19)36-15-35-21)12-17-5-9-20(22(11-17)33-2)34-14-16-3-6-18(7-4-16)26(31)32/h3-13H,14-15H2,1-2H3,(H,31,32)/b24-12-,28-27?. The van der Waals surface area contributed by atoms with E-state index in [4.69, 9.17) is 24.1 Å². The molecular formula is C27H22N2O7S. The van der Waals surface area contributed by atoms with Gasteiger partial charge in [0.05, 0.1) is 23.3 Å². The Balaban J connectivity index is 1.30. The average Bonchev–Trinajstić information content (AvgIpc) is 3.48. The van der Waals surface area contributed by atoms with E-state index < -0.39 is 5.97 Å². The van der Waals surface area contributed by atoms with Crippen molar-refractivity contribution in [2.75, 3.05) is 21.0 Å². The SMILES string of the molecule is COc1cc(/C=C2\SC(=Nc3ccc4c(c3)OCO4)N(C)C2=O)ccc1OCc1ccc(C(=O)O)cc1. The number of carboxylic acid groups (broad SMARTS) is 1. The highest BCUT2D eigenvalue weighted by Crippen LogP contribution is 2.38. The normalized spacial score (nSPS) is 16.5. The fourth-order valence-electron chi connectivity index (χ4n) is 3.67. The van der Waals surface area contributed by atoms with Crippen LogP contribution in [0.15, 0.2) is 70.6 Å². The minimum absolute atomic E-state index is 0.159. The van der Waals surface area contributed by atoms with Gasteiger partial charge in [-0.05, 0) is 65.4 Å². The maximum Gasteiger partial charge on any atom is 0.335 e. The molecule has 0 spiro atoms. The molecule has 1 fully saturated rings. The van der Waals surface area contributed by atoms with Crippen molar-refractivity contribution in [2.45, 2.75) is 6.61 Å². The third-order valence-corrected chi connectivity index (χ3v) is 6.73. The first kappa shape index (κ1) is 24.3. The Hall–Kier alpha value is -4.44. The van der Waals surface area contributed by atoms with Crippen molar-refractivity contribution in [1.82, 2.24) is 4.90 Å². The van der Waals surface area contributed by atoms with E-state index in [1.807, 2.05) is 12.1 Å². The van der Waals surface area contributed by atoms with Gasteiger partial charge >= 0.3 is 5.97 Å². The molecule has 0 aromatic heterocycles. The monoisotopic (exact) mass is 518 g/mol. The van der Waals surface area contributed by atoms with Gasteiger partial charge in [0.1, 0.15) is 6.61 Å². The summed E-state index contributed by atoms with van der Waals surface area (Å²) in [6.45, 7) is 0.429. The van der Waals surface area contributed by atoms with Crippen molar-refractivity contribution >= 4 is 40.6 Å². The number of fused-ring (bicyclic) bond motifs is 1. The molecule has 1 N–H and O–H groups in total. The molecule has 0 radical (unpaired) electrons. The smallest absolute Gasteiger partial charge is 0.335 e. The Morgan fingerprint density at radius 3 is 2.62 bits per heavy atom. The van der Waals surface area contributed by atoms with Crippen molar-refractivity contribution in [2.24, 2.45) is 4.99 Å². The summed E-state index contributed by atoms with van der Waals surface area (Å²) in [7, 11) is 3.22. The molecular weight excluding hydrogens is 496 g/mol. The minimum atomic E-state index is -0.977. The number of hydrogen-bond donors (Lipinski definition) is 1. The number of amides is 1. The molecule has 2 aliphatic heterocycles. The van der Waals surface area contributed by atoms with Crippen LogP contribution in [0.4, 0.5) is 5.69 Å². The van der Waals surface area contributed by atoms with E-state index in [-0.39, 0.29) is 24.9 Å². The number of carboxylic acids is 1. The molecule has 0 bridgehead atoms. The lowest BCUT2D eigenvalue weighted by atomic mass is 10.1. The number of nitrogens with zero attached hydrogens (tertiary/aromatic N) is 2. The number of rotatable bonds is 7. The fraction of sp³-hybridized carbons (Fsp3) is 0.148. The zero-order chi connectivity index (χ0) is 25.9. The molecule has 10 heteroatoms. The Bertz CT molecular complexity index is 1430. The Morgan fingerprint density at radius 1 is 1.08 bits per heavy atom. The van der Waals surface area contributed by atoms with E-state index in [0.29, 0.717) is 38.8 Å². The summed E-state index contributed by atoms with van der Waals surface area (Å²) in [4.78, 5) is 30.5. The number of ether oxygens (including phenoxy) is 4. The number of thioether (sulfide) groups is 1. The Morgan fingerprint density at radius 2 is 1.86 bits per heavy atom. The van der Waals surface area contributed by atoms with Crippen molar-refractivity contribution in [3.63, 3.8) is 0 Å². The van der Waals surface area contributed by atoms with Gasteiger partial charge in [-0.15, -0.1) is 0 Å². The summed E-state index contributed by atoms with van der Waals surface area (Å²) in [5.74, 6) is 1.20. The first-order valence-corrected chi connectivity index (χ1v) is 12.0. The largest absolute Gasteiger partial charge is 0.493 e. The maximum absolute atomic E-state index is 12.9. The van der Waals surface area contributed by atoms with Crippen LogP contribution in [-0.2, 0) is 11.4 Å². The Labute approximate surface area is 216 Å². The second kappa shape index (κ2) is 10.3. The number of aromatic carboxylic acids is 1. The predicted octanol–water partition coefficient (Wildman–Crippen LogP) is 4.93. The third kappa shape index (κ3) is 5.24. The number of methoxy groups -OCH3 is 1. The van der Waals surface area contributed by atoms with Crippen LogP contribution in [0.2, 0.25) is 0 Å². The lowest BCUT2D eigenvalue weighted by Gasteiger charge is -2.12. The highest BCUT2D eigenvalue weighted by Gasteiger charge is 2.30. The second-order valence-electron chi connectivity index (χ2n) is 8.11. The summed E-state index contributed by atoms with van der Waals surface area (Å²) < 4.78 is 22.1. The number of aliphatic imine (C=N–C) groups is 1. The van der Waals surface area contributed by atoms with Crippen LogP contribution < -0.4 is 18.9 Å². The number of amidine groups is 1. The number of hydrogen-bond acceptors (Lipinski definition) is 8. The lowest BCUT2D eigenvalue weighted by Crippen LogP contribution is -2.23. The fourth-order valence-corrected chi connectivity index (χ4v) is 4.65. The highest BCUT2D eigenvalue weighted by atomic mass is 32.2. The topological polar surface area (TPSA) is 107 Å². The molecule has 5 rings (SSSR count). The van der Waals surface area contributed by atoms with Gasteiger partial charge in [-0.2, -0.15) is 0 Å². The molecule has 0 saturated carbocycles. The van der Waals surface area contributed by atoms with Crippen molar-refractivity contribution in [3.8, 4) is 23.0 Å².